The topological polar surface area (TPSA) is 49.4 Å². The summed E-state index contributed by atoms with van der Waals surface area (Å²) in [5.41, 5.74) is 1.66. The Bertz CT molecular complexity index is 494. The van der Waals surface area contributed by atoms with Crippen LogP contribution in [0.3, 0.4) is 0 Å². The highest BCUT2D eigenvalue weighted by molar-refractivity contribution is 5.97. The minimum absolute atomic E-state index is 0.0971. The van der Waals surface area contributed by atoms with E-state index in [1.165, 1.54) is 0 Å². The number of hydrogen-bond donors (Lipinski definition) is 1. The molecule has 18 heavy (non-hydrogen) atoms. The van der Waals surface area contributed by atoms with Gasteiger partial charge in [-0.2, -0.15) is 0 Å². The maximum Gasteiger partial charge on any atom is 0.227 e. The molecule has 1 aromatic rings. The minimum Gasteiger partial charge on any atom is -0.326 e. The molecule has 1 aliphatic heterocycles. The van der Waals surface area contributed by atoms with Gasteiger partial charge in [0.1, 0.15) is 0 Å². The lowest BCUT2D eigenvalue weighted by atomic mass is 10.2. The molecule has 1 aliphatic carbocycles. The molecule has 0 atom stereocenters. The van der Waals surface area contributed by atoms with Crippen LogP contribution in [0.4, 0.5) is 11.4 Å². The molecule has 0 spiro atoms. The standard InChI is InChI=1S/C14H16N2O2/c17-13-5-2-8-16(13)12-4-1-3-11(9-12)15-14(18)10-6-7-10/h1,3-4,9-10H,2,5-8H2,(H,15,18). The van der Waals surface area contributed by atoms with E-state index in [-0.39, 0.29) is 17.7 Å². The lowest BCUT2D eigenvalue weighted by Crippen LogP contribution is -2.23. The Balaban J connectivity index is 1.75. The van der Waals surface area contributed by atoms with Gasteiger partial charge in [0.05, 0.1) is 0 Å². The van der Waals surface area contributed by atoms with Gasteiger partial charge in [-0.3, -0.25) is 9.59 Å². The van der Waals surface area contributed by atoms with Gasteiger partial charge in [0.25, 0.3) is 0 Å². The van der Waals surface area contributed by atoms with E-state index in [1.54, 1.807) is 4.90 Å². The van der Waals surface area contributed by atoms with Crippen molar-refractivity contribution in [2.45, 2.75) is 25.7 Å². The summed E-state index contributed by atoms with van der Waals surface area (Å²) in [5.74, 6) is 0.461. The molecule has 2 aliphatic rings. The van der Waals surface area contributed by atoms with Gasteiger partial charge in [0, 0.05) is 30.3 Å². The summed E-state index contributed by atoms with van der Waals surface area (Å²) < 4.78 is 0. The minimum atomic E-state index is 0.0971. The number of benzene rings is 1. The van der Waals surface area contributed by atoms with Gasteiger partial charge in [0.15, 0.2) is 0 Å². The summed E-state index contributed by atoms with van der Waals surface area (Å²) in [7, 11) is 0. The zero-order valence-corrected chi connectivity index (χ0v) is 10.2. The number of hydrogen-bond acceptors (Lipinski definition) is 2. The molecule has 4 heteroatoms. The van der Waals surface area contributed by atoms with E-state index in [2.05, 4.69) is 5.32 Å². The van der Waals surface area contributed by atoms with E-state index >= 15 is 0 Å². The molecule has 0 bridgehead atoms. The Hall–Kier alpha value is -1.84. The first-order valence-electron chi connectivity index (χ1n) is 6.45. The largest absolute Gasteiger partial charge is 0.326 e. The fraction of sp³-hybridized carbons (Fsp3) is 0.429. The first-order chi connectivity index (χ1) is 8.74. The highest BCUT2D eigenvalue weighted by Gasteiger charge is 2.29. The van der Waals surface area contributed by atoms with Gasteiger partial charge < -0.3 is 10.2 Å². The molecule has 0 unspecified atom stereocenters. The van der Waals surface area contributed by atoms with E-state index in [4.69, 9.17) is 0 Å². The second-order valence-electron chi connectivity index (χ2n) is 4.96. The van der Waals surface area contributed by atoms with E-state index in [1.807, 2.05) is 24.3 Å². The Labute approximate surface area is 106 Å². The van der Waals surface area contributed by atoms with Crippen molar-refractivity contribution in [2.24, 2.45) is 5.92 Å². The van der Waals surface area contributed by atoms with Crippen molar-refractivity contribution in [3.05, 3.63) is 24.3 Å². The third-order valence-electron chi connectivity index (χ3n) is 3.45. The zero-order chi connectivity index (χ0) is 12.5. The fourth-order valence-electron chi connectivity index (χ4n) is 2.26. The van der Waals surface area contributed by atoms with Crippen LogP contribution in [0.2, 0.25) is 0 Å². The first-order valence-corrected chi connectivity index (χ1v) is 6.45. The average Bonchev–Trinajstić information content (AvgIpc) is 3.13. The van der Waals surface area contributed by atoms with Crippen LogP contribution in [-0.4, -0.2) is 18.4 Å². The van der Waals surface area contributed by atoms with Crippen LogP contribution < -0.4 is 10.2 Å². The number of nitrogens with zero attached hydrogens (tertiary/aromatic N) is 1. The van der Waals surface area contributed by atoms with Crippen LogP contribution in [0.5, 0.6) is 0 Å². The first kappa shape index (κ1) is 11.3. The second kappa shape index (κ2) is 4.44. The van der Waals surface area contributed by atoms with Crippen LogP contribution in [0.15, 0.2) is 24.3 Å². The molecule has 3 rings (SSSR count). The van der Waals surface area contributed by atoms with Crippen molar-refractivity contribution in [1.82, 2.24) is 0 Å². The number of rotatable bonds is 3. The van der Waals surface area contributed by atoms with Crippen LogP contribution in [-0.2, 0) is 9.59 Å². The number of anilines is 2. The number of nitrogens with one attached hydrogen (secondary N) is 1. The van der Waals surface area contributed by atoms with Crippen LogP contribution in [0.1, 0.15) is 25.7 Å². The lowest BCUT2D eigenvalue weighted by Gasteiger charge is -2.16. The van der Waals surface area contributed by atoms with Gasteiger partial charge in [0.2, 0.25) is 11.8 Å². The Morgan fingerprint density at radius 1 is 1.33 bits per heavy atom. The maximum atomic E-state index is 11.7. The Morgan fingerprint density at radius 3 is 2.83 bits per heavy atom. The highest BCUT2D eigenvalue weighted by Crippen LogP contribution is 2.31. The van der Waals surface area contributed by atoms with Crippen molar-refractivity contribution in [2.75, 3.05) is 16.8 Å². The van der Waals surface area contributed by atoms with E-state index in [0.717, 1.165) is 37.2 Å². The summed E-state index contributed by atoms with van der Waals surface area (Å²) >= 11 is 0. The summed E-state index contributed by atoms with van der Waals surface area (Å²) in [6, 6.07) is 7.53. The molecule has 2 amide bonds. The van der Waals surface area contributed by atoms with Crippen LogP contribution in [0, 0.1) is 5.92 Å². The summed E-state index contributed by atoms with van der Waals surface area (Å²) in [5, 5.41) is 2.91. The summed E-state index contributed by atoms with van der Waals surface area (Å²) in [6.45, 7) is 0.777. The summed E-state index contributed by atoms with van der Waals surface area (Å²) in [6.07, 6.45) is 3.53. The smallest absolute Gasteiger partial charge is 0.227 e. The molecule has 1 aromatic carbocycles. The normalized spacial score (nSPS) is 19.1. The van der Waals surface area contributed by atoms with E-state index in [9.17, 15) is 9.59 Å². The van der Waals surface area contributed by atoms with Gasteiger partial charge in [-0.05, 0) is 37.5 Å². The van der Waals surface area contributed by atoms with Gasteiger partial charge in [-0.1, -0.05) is 6.07 Å². The molecule has 94 valence electrons. The zero-order valence-electron chi connectivity index (χ0n) is 10.2. The molecule has 2 fully saturated rings. The van der Waals surface area contributed by atoms with Gasteiger partial charge in [-0.25, -0.2) is 0 Å². The number of carbonyl (C=O) groups excluding carboxylic acids is 2. The second-order valence-corrected chi connectivity index (χ2v) is 4.96. The molecule has 0 aromatic heterocycles. The quantitative estimate of drug-likeness (QED) is 0.885. The lowest BCUT2D eigenvalue weighted by molar-refractivity contribution is -0.117. The molecule has 1 N–H and O–H groups in total. The molecular weight excluding hydrogens is 228 g/mol. The average molecular weight is 244 g/mol. The molecule has 4 nitrogen and oxygen atoms in total. The fourth-order valence-corrected chi connectivity index (χ4v) is 2.26. The Morgan fingerprint density at radius 2 is 2.17 bits per heavy atom. The molecule has 0 radical (unpaired) electrons. The van der Waals surface area contributed by atoms with E-state index < -0.39 is 0 Å². The molecule has 1 saturated heterocycles. The molecular formula is C14H16N2O2. The predicted octanol–water partition coefficient (Wildman–Crippen LogP) is 2.16. The monoisotopic (exact) mass is 244 g/mol. The third kappa shape index (κ3) is 2.23. The molecule has 1 heterocycles. The Kier molecular flexibility index (Phi) is 2.78. The van der Waals surface area contributed by atoms with Crippen LogP contribution in [0.25, 0.3) is 0 Å². The van der Waals surface area contributed by atoms with Crippen molar-refractivity contribution in [3.8, 4) is 0 Å². The highest BCUT2D eigenvalue weighted by atomic mass is 16.2. The maximum absolute atomic E-state index is 11.7. The van der Waals surface area contributed by atoms with Crippen molar-refractivity contribution in [3.63, 3.8) is 0 Å². The predicted molar refractivity (Wildman–Crippen MR) is 69.4 cm³/mol. The van der Waals surface area contributed by atoms with Gasteiger partial charge in [-0.15, -0.1) is 0 Å². The van der Waals surface area contributed by atoms with Crippen LogP contribution >= 0.6 is 0 Å². The van der Waals surface area contributed by atoms with Crippen molar-refractivity contribution < 1.29 is 9.59 Å². The molecule has 1 saturated carbocycles. The third-order valence-corrected chi connectivity index (χ3v) is 3.45. The van der Waals surface area contributed by atoms with E-state index in [0.29, 0.717) is 6.42 Å². The SMILES string of the molecule is O=C(Nc1cccc(N2CCCC2=O)c1)C1CC1. The number of carbonyl (C=O) groups is 2. The number of amides is 2. The van der Waals surface area contributed by atoms with Crippen molar-refractivity contribution in [1.29, 1.82) is 0 Å². The van der Waals surface area contributed by atoms with Crippen molar-refractivity contribution >= 4 is 23.2 Å². The summed E-state index contributed by atoms with van der Waals surface area (Å²) in [4.78, 5) is 25.1. The van der Waals surface area contributed by atoms with Gasteiger partial charge >= 0.3 is 0 Å².